The topological polar surface area (TPSA) is 79.4 Å². The zero-order valence-corrected chi connectivity index (χ0v) is 26.1. The number of nitrogens with zero attached hydrogens (tertiary/aromatic N) is 3. The monoisotopic (exact) mass is 617 g/mol. The molecule has 7 nitrogen and oxygen atoms in total. The predicted octanol–water partition coefficient (Wildman–Crippen LogP) is 7.99. The average Bonchev–Trinajstić information content (AvgIpc) is 3.62. The smallest absolute Gasteiger partial charge is 0.248 e. The Balaban J connectivity index is 1.09. The molecule has 4 fully saturated rings. The Bertz CT molecular complexity index is 1560. The second kappa shape index (κ2) is 12.3. The average molecular weight is 618 g/mol. The number of amides is 1. The zero-order chi connectivity index (χ0) is 30.3. The van der Waals surface area contributed by atoms with Crippen LogP contribution in [0.2, 0.25) is 5.02 Å². The van der Waals surface area contributed by atoms with Crippen LogP contribution < -0.4 is 15.4 Å². The molecule has 9 heteroatoms. The summed E-state index contributed by atoms with van der Waals surface area (Å²) in [7, 11) is 2.20. The molecule has 1 aliphatic heterocycles. The van der Waals surface area contributed by atoms with Gasteiger partial charge in [-0.1, -0.05) is 24.1 Å². The number of carbonyl (C=O) groups is 1. The van der Waals surface area contributed by atoms with Gasteiger partial charge in [-0.3, -0.25) is 4.79 Å². The van der Waals surface area contributed by atoms with Crippen molar-refractivity contribution in [3.05, 3.63) is 59.7 Å². The van der Waals surface area contributed by atoms with Crippen molar-refractivity contribution in [2.75, 3.05) is 37.4 Å². The normalized spacial score (nSPS) is 24.7. The maximum atomic E-state index is 13.8. The molecule has 1 aromatic heterocycles. The summed E-state index contributed by atoms with van der Waals surface area (Å²) in [5.41, 5.74) is 2.33. The highest BCUT2D eigenvalue weighted by atomic mass is 35.5. The van der Waals surface area contributed by atoms with Gasteiger partial charge in [-0.2, -0.15) is 0 Å². The van der Waals surface area contributed by atoms with E-state index in [2.05, 4.69) is 32.5 Å². The summed E-state index contributed by atoms with van der Waals surface area (Å²) in [4.78, 5) is 24.5. The van der Waals surface area contributed by atoms with Crippen LogP contribution in [0.4, 0.5) is 21.6 Å². The molecule has 2 heterocycles. The van der Waals surface area contributed by atoms with Crippen LogP contribution in [0.3, 0.4) is 0 Å². The van der Waals surface area contributed by atoms with E-state index in [1.165, 1.54) is 82.9 Å². The summed E-state index contributed by atoms with van der Waals surface area (Å²) in [6.07, 6.45) is 16.4. The van der Waals surface area contributed by atoms with Crippen molar-refractivity contribution in [2.24, 2.45) is 29.1 Å². The van der Waals surface area contributed by atoms with Gasteiger partial charge in [0.1, 0.15) is 23.7 Å². The fraction of sp³-hybridized carbons (Fsp3) is 0.514. The number of allylic oxidation sites excluding steroid dienone is 1. The van der Waals surface area contributed by atoms with Crippen LogP contribution in [0, 0.1) is 34.9 Å². The van der Waals surface area contributed by atoms with Gasteiger partial charge in [0.15, 0.2) is 0 Å². The van der Waals surface area contributed by atoms with Crippen LogP contribution >= 0.6 is 11.6 Å². The number of halogens is 2. The summed E-state index contributed by atoms with van der Waals surface area (Å²) < 4.78 is 20.2. The largest absolute Gasteiger partial charge is 0.491 e. The van der Waals surface area contributed by atoms with Crippen molar-refractivity contribution in [2.45, 2.75) is 57.8 Å². The van der Waals surface area contributed by atoms with E-state index < -0.39 is 5.82 Å². The third-order valence-electron chi connectivity index (χ3n) is 10.7. The first-order chi connectivity index (χ1) is 21.3. The Morgan fingerprint density at radius 3 is 2.75 bits per heavy atom. The van der Waals surface area contributed by atoms with E-state index in [9.17, 15) is 9.18 Å². The molecule has 1 saturated heterocycles. The number of hydrogen-bond acceptors (Lipinski definition) is 6. The minimum Gasteiger partial charge on any atom is -0.491 e. The first-order valence-electron chi connectivity index (χ1n) is 16.1. The third kappa shape index (κ3) is 6.29. The van der Waals surface area contributed by atoms with E-state index in [1.54, 1.807) is 12.1 Å². The van der Waals surface area contributed by atoms with Crippen LogP contribution in [0.15, 0.2) is 48.8 Å². The molecule has 44 heavy (non-hydrogen) atoms. The highest BCUT2D eigenvalue weighted by molar-refractivity contribution is 6.31. The molecule has 2 bridgehead atoms. The number of likely N-dealkylation sites (tertiary alicyclic amines) is 1. The number of hydrogen-bond donors (Lipinski definition) is 2. The standard InChI is InChI=1S/C35H41ClFN5O2/c1-42-11-9-35(10-12-42)18-23(19-35)20-44-32-17-30-27(34(39-21-38-30)40-26-7-8-29(37)28(36)15-26)16-31(32)41-33(43)4-2-3-24-13-22-5-6-25(24)14-22/h2,4,7-8,15-17,21-25H,3,5-6,9-14,18-20H2,1H3,(H,41,43)(H,38,39,40). The number of ether oxygens (including phenoxy) is 1. The van der Waals surface area contributed by atoms with E-state index in [0.29, 0.717) is 57.7 Å². The van der Waals surface area contributed by atoms with Gasteiger partial charge in [-0.25, -0.2) is 14.4 Å². The Morgan fingerprint density at radius 1 is 1.16 bits per heavy atom. The number of aromatic nitrogens is 2. The molecular weight excluding hydrogens is 577 g/mol. The predicted molar refractivity (Wildman–Crippen MR) is 173 cm³/mol. The third-order valence-corrected chi connectivity index (χ3v) is 11.0. The number of piperidine rings is 1. The van der Waals surface area contributed by atoms with E-state index in [0.717, 1.165) is 18.3 Å². The Hall–Kier alpha value is -3.23. The highest BCUT2D eigenvalue weighted by Crippen LogP contribution is 2.53. The van der Waals surface area contributed by atoms with Gasteiger partial charge < -0.3 is 20.3 Å². The molecule has 3 unspecified atom stereocenters. The minimum atomic E-state index is -0.488. The maximum Gasteiger partial charge on any atom is 0.248 e. The van der Waals surface area contributed by atoms with Crippen LogP contribution in [0.25, 0.3) is 10.9 Å². The van der Waals surface area contributed by atoms with E-state index in [-0.39, 0.29) is 10.9 Å². The lowest BCUT2D eigenvalue weighted by molar-refractivity contribution is -0.111. The zero-order valence-electron chi connectivity index (χ0n) is 25.3. The number of carbonyl (C=O) groups excluding carboxylic acids is 1. The lowest BCUT2D eigenvalue weighted by Gasteiger charge is -2.51. The highest BCUT2D eigenvalue weighted by Gasteiger charge is 2.45. The Morgan fingerprint density at radius 2 is 2.00 bits per heavy atom. The molecule has 4 aliphatic rings. The van der Waals surface area contributed by atoms with Gasteiger partial charge in [0.25, 0.3) is 0 Å². The lowest BCUT2D eigenvalue weighted by Crippen LogP contribution is -2.47. The molecule has 3 aromatic rings. The molecule has 0 radical (unpaired) electrons. The van der Waals surface area contributed by atoms with Crippen LogP contribution in [0.5, 0.6) is 5.75 Å². The van der Waals surface area contributed by atoms with Crippen LogP contribution in [0.1, 0.15) is 57.8 Å². The fourth-order valence-corrected chi connectivity index (χ4v) is 8.47. The summed E-state index contributed by atoms with van der Waals surface area (Å²) in [6.45, 7) is 2.95. The molecule has 7 rings (SSSR count). The second-order valence-electron chi connectivity index (χ2n) is 13.8. The molecular formula is C35H41ClFN5O2. The van der Waals surface area contributed by atoms with Crippen molar-refractivity contribution in [3.63, 3.8) is 0 Å². The molecule has 232 valence electrons. The first kappa shape index (κ1) is 29.5. The van der Waals surface area contributed by atoms with Crippen LogP contribution in [-0.4, -0.2) is 47.5 Å². The van der Waals surface area contributed by atoms with Gasteiger partial charge in [0.05, 0.1) is 22.8 Å². The summed E-state index contributed by atoms with van der Waals surface area (Å²) in [5, 5.41) is 7.03. The van der Waals surface area contributed by atoms with Gasteiger partial charge in [0, 0.05) is 17.1 Å². The Kier molecular flexibility index (Phi) is 8.23. The van der Waals surface area contributed by atoms with Crippen LogP contribution in [-0.2, 0) is 4.79 Å². The van der Waals surface area contributed by atoms with Gasteiger partial charge in [-0.15, -0.1) is 0 Å². The van der Waals surface area contributed by atoms with Gasteiger partial charge in [0.2, 0.25) is 5.91 Å². The molecule has 3 saturated carbocycles. The van der Waals surface area contributed by atoms with Crippen molar-refractivity contribution in [1.82, 2.24) is 14.9 Å². The number of anilines is 3. The van der Waals surface area contributed by atoms with E-state index in [4.69, 9.17) is 16.3 Å². The number of nitrogens with one attached hydrogen (secondary N) is 2. The van der Waals surface area contributed by atoms with Crippen molar-refractivity contribution < 1.29 is 13.9 Å². The van der Waals surface area contributed by atoms with Crippen molar-refractivity contribution in [3.8, 4) is 5.75 Å². The number of fused-ring (bicyclic) bond motifs is 3. The van der Waals surface area contributed by atoms with Gasteiger partial charge >= 0.3 is 0 Å². The van der Waals surface area contributed by atoms with Crippen molar-refractivity contribution >= 4 is 45.6 Å². The first-order valence-corrected chi connectivity index (χ1v) is 16.5. The molecule has 2 N–H and O–H groups in total. The Labute approximate surface area is 263 Å². The molecule has 1 amide bonds. The molecule has 1 spiro atoms. The second-order valence-corrected chi connectivity index (χ2v) is 14.2. The van der Waals surface area contributed by atoms with Gasteiger partial charge in [-0.05, 0) is 131 Å². The van der Waals surface area contributed by atoms with E-state index >= 15 is 0 Å². The molecule has 3 atom stereocenters. The lowest BCUT2D eigenvalue weighted by atomic mass is 9.58. The quantitative estimate of drug-likeness (QED) is 0.237. The molecule has 3 aliphatic carbocycles. The number of benzene rings is 2. The fourth-order valence-electron chi connectivity index (χ4n) is 8.29. The number of rotatable bonds is 9. The van der Waals surface area contributed by atoms with Crippen molar-refractivity contribution in [1.29, 1.82) is 0 Å². The summed E-state index contributed by atoms with van der Waals surface area (Å²) in [6, 6.07) is 8.16. The van der Waals surface area contributed by atoms with E-state index in [1.807, 2.05) is 18.2 Å². The minimum absolute atomic E-state index is 0.0206. The SMILES string of the molecule is CN1CCC2(CC1)CC(COc1cc3ncnc(Nc4ccc(F)c(Cl)c4)c3cc1NC(=O)C=CCC1CC3CCC1C3)C2. The summed E-state index contributed by atoms with van der Waals surface area (Å²) >= 11 is 6.01. The molecule has 2 aromatic carbocycles. The summed E-state index contributed by atoms with van der Waals surface area (Å²) in [5.74, 6) is 3.39. The maximum absolute atomic E-state index is 13.8.